The minimum Gasteiger partial charge on any atom is -0.427 e. The van der Waals surface area contributed by atoms with Crippen molar-refractivity contribution in [1.29, 1.82) is 0 Å². The number of rotatable bonds is 4. The van der Waals surface area contributed by atoms with Crippen LogP contribution in [0.15, 0.2) is 53.5 Å². The summed E-state index contributed by atoms with van der Waals surface area (Å²) in [7, 11) is 0. The van der Waals surface area contributed by atoms with Crippen LogP contribution in [0.4, 0.5) is 10.5 Å². The van der Waals surface area contributed by atoms with E-state index in [0.29, 0.717) is 17.9 Å². The number of hydrogen-bond acceptors (Lipinski definition) is 5. The van der Waals surface area contributed by atoms with Gasteiger partial charge in [-0.15, -0.1) is 0 Å². The topological polar surface area (TPSA) is 125 Å². The van der Waals surface area contributed by atoms with Crippen molar-refractivity contribution < 1.29 is 19.1 Å². The highest BCUT2D eigenvalue weighted by Crippen LogP contribution is 2.20. The summed E-state index contributed by atoms with van der Waals surface area (Å²) in [5.74, 6) is 0.197. The Morgan fingerprint density at radius 1 is 1.00 bits per heavy atom. The molecule has 154 valence electrons. The number of primary amides is 2. The first-order chi connectivity index (χ1) is 14.0. The lowest BCUT2D eigenvalue weighted by atomic mass is 9.92. The maximum absolute atomic E-state index is 11.1. The average molecular weight is 397 g/mol. The number of amides is 2. The number of fused-ring (bicyclic) bond motifs is 1. The predicted octanol–water partition coefficient (Wildman–Crippen LogP) is 3.95. The van der Waals surface area contributed by atoms with Gasteiger partial charge in [0, 0.05) is 6.42 Å². The molecule has 0 aromatic heterocycles. The van der Waals surface area contributed by atoms with Crippen molar-refractivity contribution in [2.45, 2.75) is 45.4 Å². The van der Waals surface area contributed by atoms with Crippen LogP contribution in [0.3, 0.4) is 0 Å². The van der Waals surface area contributed by atoms with Gasteiger partial charge in [0.1, 0.15) is 5.75 Å². The molecule has 2 amide bonds. The number of aliphatic imine (C=N–C) groups is 1. The van der Waals surface area contributed by atoms with E-state index >= 15 is 0 Å². The number of urea groups is 1. The normalized spacial score (nSPS) is 11.2. The number of carbonyl (C=O) groups excluding carboxylic acids is 3. The van der Waals surface area contributed by atoms with Crippen molar-refractivity contribution in [3.05, 3.63) is 59.7 Å². The van der Waals surface area contributed by atoms with E-state index in [1.807, 2.05) is 6.92 Å². The van der Waals surface area contributed by atoms with Crippen LogP contribution in [-0.2, 0) is 22.4 Å². The molecule has 2 aromatic carbocycles. The molecule has 1 aliphatic rings. The highest BCUT2D eigenvalue weighted by molar-refractivity contribution is 5.72. The minimum absolute atomic E-state index is 0.260. The van der Waals surface area contributed by atoms with Gasteiger partial charge in [0.2, 0.25) is 6.08 Å². The Morgan fingerprint density at radius 3 is 1.97 bits per heavy atom. The van der Waals surface area contributed by atoms with Gasteiger partial charge in [-0.25, -0.2) is 9.59 Å². The summed E-state index contributed by atoms with van der Waals surface area (Å²) in [6, 6.07) is 14.3. The van der Waals surface area contributed by atoms with Crippen LogP contribution >= 0.6 is 0 Å². The first-order valence-corrected chi connectivity index (χ1v) is 9.46. The smallest absolute Gasteiger partial charge is 0.311 e. The largest absolute Gasteiger partial charge is 0.427 e. The molecule has 0 spiro atoms. The Bertz CT molecular complexity index is 799. The third-order valence-corrected chi connectivity index (χ3v) is 3.96. The summed E-state index contributed by atoms with van der Waals surface area (Å²) in [4.78, 5) is 33.5. The van der Waals surface area contributed by atoms with E-state index < -0.39 is 6.03 Å². The minimum atomic E-state index is -0.833. The number of hydrogen-bond donors (Lipinski definition) is 2. The monoisotopic (exact) mass is 397 g/mol. The van der Waals surface area contributed by atoms with Crippen molar-refractivity contribution in [2.75, 3.05) is 0 Å². The number of aryl methyl sites for hydroxylation is 2. The molecule has 7 heteroatoms. The fourth-order valence-electron chi connectivity index (χ4n) is 2.70. The quantitative estimate of drug-likeness (QED) is 0.351. The second kappa shape index (κ2) is 13.7. The van der Waals surface area contributed by atoms with Gasteiger partial charge in [0.05, 0.1) is 5.69 Å². The second-order valence-corrected chi connectivity index (χ2v) is 6.30. The van der Waals surface area contributed by atoms with Crippen molar-refractivity contribution in [3.8, 4) is 5.75 Å². The fraction of sp³-hybridized carbons (Fsp3) is 0.318. The van der Waals surface area contributed by atoms with E-state index in [-0.39, 0.29) is 5.97 Å². The number of benzene rings is 2. The molecule has 29 heavy (non-hydrogen) atoms. The second-order valence-electron chi connectivity index (χ2n) is 6.30. The lowest BCUT2D eigenvalue weighted by Crippen LogP contribution is -2.18. The standard InChI is InChI=1S/C11H11NO3.C10H12.CH4N2O/c1-2-3-11(14)15-10-6-4-9(5-7-10)12-8-13;1-2-6-10-8-4-3-7-9(10)5-1;2-1(3)4/h4-7H,2-3H2,1H3;1-2,5-6H,3-4,7-8H2;(H4,2,3,4). The van der Waals surface area contributed by atoms with Gasteiger partial charge in [0.15, 0.2) is 0 Å². The first kappa shape index (κ1) is 23.6. The number of ether oxygens (including phenoxy) is 1. The van der Waals surface area contributed by atoms with Gasteiger partial charge in [-0.1, -0.05) is 31.2 Å². The molecule has 0 saturated carbocycles. The molecular weight excluding hydrogens is 370 g/mol. The van der Waals surface area contributed by atoms with Gasteiger partial charge in [-0.2, -0.15) is 4.99 Å². The SMILES string of the molecule is CCCC(=O)Oc1ccc(N=C=O)cc1.NC(N)=O.c1ccc2c(c1)CCCC2. The summed E-state index contributed by atoms with van der Waals surface area (Å²) >= 11 is 0. The molecule has 3 rings (SSSR count). The van der Waals surface area contributed by atoms with Crippen LogP contribution in [0.1, 0.15) is 43.7 Å². The zero-order chi connectivity index (χ0) is 21.5. The fourth-order valence-corrected chi connectivity index (χ4v) is 2.70. The number of nitrogens with zero attached hydrogens (tertiary/aromatic N) is 1. The lowest BCUT2D eigenvalue weighted by molar-refractivity contribution is -0.134. The van der Waals surface area contributed by atoms with Crippen molar-refractivity contribution >= 4 is 23.8 Å². The summed E-state index contributed by atoms with van der Waals surface area (Å²) in [6.45, 7) is 1.91. The van der Waals surface area contributed by atoms with E-state index in [4.69, 9.17) is 9.53 Å². The highest BCUT2D eigenvalue weighted by Gasteiger charge is 2.06. The van der Waals surface area contributed by atoms with E-state index in [1.165, 1.54) is 31.8 Å². The molecule has 4 N–H and O–H groups in total. The molecule has 0 unspecified atom stereocenters. The molecule has 0 fully saturated rings. The van der Waals surface area contributed by atoms with Gasteiger partial charge >= 0.3 is 12.0 Å². The number of isocyanates is 1. The summed E-state index contributed by atoms with van der Waals surface area (Å²) in [5, 5.41) is 0. The van der Waals surface area contributed by atoms with Crippen molar-refractivity contribution in [1.82, 2.24) is 0 Å². The molecule has 7 nitrogen and oxygen atoms in total. The van der Waals surface area contributed by atoms with Crippen LogP contribution in [0.2, 0.25) is 0 Å². The van der Waals surface area contributed by atoms with Crippen molar-refractivity contribution in [3.63, 3.8) is 0 Å². The maximum atomic E-state index is 11.1. The molecule has 0 saturated heterocycles. The van der Waals surface area contributed by atoms with E-state index in [2.05, 4.69) is 40.7 Å². The Labute approximate surface area is 170 Å². The van der Waals surface area contributed by atoms with Gasteiger partial charge in [-0.05, 0) is 67.5 Å². The summed E-state index contributed by atoms with van der Waals surface area (Å²) in [6.07, 6.45) is 7.96. The van der Waals surface area contributed by atoms with E-state index in [1.54, 1.807) is 35.4 Å². The van der Waals surface area contributed by atoms with Crippen LogP contribution in [0.5, 0.6) is 5.75 Å². The highest BCUT2D eigenvalue weighted by atomic mass is 16.5. The third kappa shape index (κ3) is 10.5. The number of esters is 1. The molecule has 0 heterocycles. The van der Waals surface area contributed by atoms with Crippen LogP contribution in [-0.4, -0.2) is 18.1 Å². The Kier molecular flexibility index (Phi) is 11.1. The van der Waals surface area contributed by atoms with Crippen LogP contribution in [0.25, 0.3) is 0 Å². The zero-order valence-corrected chi connectivity index (χ0v) is 16.6. The van der Waals surface area contributed by atoms with E-state index in [0.717, 1.165) is 6.42 Å². The molecular formula is C22H27N3O4. The van der Waals surface area contributed by atoms with Gasteiger partial charge in [0.25, 0.3) is 0 Å². The zero-order valence-electron chi connectivity index (χ0n) is 16.6. The summed E-state index contributed by atoms with van der Waals surface area (Å²) < 4.78 is 5.01. The Balaban J connectivity index is 0.000000257. The first-order valence-electron chi connectivity index (χ1n) is 9.46. The van der Waals surface area contributed by atoms with Crippen LogP contribution in [0, 0.1) is 0 Å². The maximum Gasteiger partial charge on any atom is 0.311 e. The third-order valence-electron chi connectivity index (χ3n) is 3.96. The van der Waals surface area contributed by atoms with Crippen LogP contribution < -0.4 is 16.2 Å². The Hall–Kier alpha value is -3.44. The molecule has 0 radical (unpaired) electrons. The summed E-state index contributed by atoms with van der Waals surface area (Å²) in [5.41, 5.74) is 12.1. The molecule has 0 bridgehead atoms. The number of nitrogens with two attached hydrogens (primary N) is 2. The molecule has 2 aromatic rings. The molecule has 1 aliphatic carbocycles. The average Bonchev–Trinajstić information content (AvgIpc) is 2.70. The van der Waals surface area contributed by atoms with Gasteiger partial charge < -0.3 is 16.2 Å². The van der Waals surface area contributed by atoms with E-state index in [9.17, 15) is 9.59 Å². The predicted molar refractivity (Wildman–Crippen MR) is 112 cm³/mol. The molecule has 0 aliphatic heterocycles. The van der Waals surface area contributed by atoms with Crippen molar-refractivity contribution in [2.24, 2.45) is 16.5 Å². The van der Waals surface area contributed by atoms with Gasteiger partial charge in [-0.3, -0.25) is 4.79 Å². The Morgan fingerprint density at radius 2 is 1.52 bits per heavy atom. The lowest BCUT2D eigenvalue weighted by Gasteiger charge is -2.13. The number of carbonyl (C=O) groups is 2. The molecule has 0 atom stereocenters.